The van der Waals surface area contributed by atoms with E-state index in [0.29, 0.717) is 19.4 Å². The number of hydrogen-bond donors (Lipinski definition) is 1. The molecular formula is C12H20O4. The van der Waals surface area contributed by atoms with Gasteiger partial charge < -0.3 is 9.84 Å². The third-order valence-corrected chi connectivity index (χ3v) is 2.89. The van der Waals surface area contributed by atoms with E-state index in [4.69, 9.17) is 9.84 Å². The van der Waals surface area contributed by atoms with E-state index in [1.165, 1.54) is 0 Å². The summed E-state index contributed by atoms with van der Waals surface area (Å²) < 4.78 is 4.96. The Labute approximate surface area is 96.0 Å². The monoisotopic (exact) mass is 228 g/mol. The molecule has 1 heterocycles. The molecule has 0 aromatic heterocycles. The lowest BCUT2D eigenvalue weighted by Crippen LogP contribution is -2.24. The van der Waals surface area contributed by atoms with Gasteiger partial charge in [0.2, 0.25) is 0 Å². The topological polar surface area (TPSA) is 63.6 Å². The van der Waals surface area contributed by atoms with Crippen molar-refractivity contribution < 1.29 is 19.4 Å². The van der Waals surface area contributed by atoms with Crippen molar-refractivity contribution >= 4 is 11.8 Å². The molecule has 0 aromatic carbocycles. The lowest BCUT2D eigenvalue weighted by atomic mass is 9.94. The molecule has 1 fully saturated rings. The number of carbonyl (C=O) groups excluding carboxylic acids is 2. The van der Waals surface area contributed by atoms with Gasteiger partial charge in [-0.15, -0.1) is 0 Å². The predicted molar refractivity (Wildman–Crippen MR) is 58.9 cm³/mol. The number of ketones is 1. The summed E-state index contributed by atoms with van der Waals surface area (Å²) in [5.41, 5.74) is 0. The van der Waals surface area contributed by atoms with Crippen LogP contribution in [-0.2, 0) is 14.3 Å². The second-order valence-electron chi connectivity index (χ2n) is 4.22. The summed E-state index contributed by atoms with van der Waals surface area (Å²) >= 11 is 0. The fourth-order valence-electron chi connectivity index (χ4n) is 1.90. The fraction of sp³-hybridized carbons (Fsp3) is 0.833. The standard InChI is InChI=1S/C12H20O4/c13-8-4-1-2-7-11(14)10-6-3-5-9-16-12(10)15/h10,13H,1-9H2. The Morgan fingerprint density at radius 1 is 1.31 bits per heavy atom. The molecule has 1 aliphatic rings. The molecule has 0 bridgehead atoms. The number of unbranched alkanes of at least 4 members (excludes halogenated alkanes) is 2. The molecule has 0 amide bonds. The van der Waals surface area contributed by atoms with Gasteiger partial charge in [-0.1, -0.05) is 6.42 Å². The van der Waals surface area contributed by atoms with Crippen LogP contribution in [0, 0.1) is 5.92 Å². The summed E-state index contributed by atoms with van der Waals surface area (Å²) in [6.45, 7) is 0.618. The Balaban J connectivity index is 2.30. The molecule has 4 heteroatoms. The first-order valence-electron chi connectivity index (χ1n) is 6.06. The number of ether oxygens (including phenoxy) is 1. The van der Waals surface area contributed by atoms with Gasteiger partial charge in [0.25, 0.3) is 0 Å². The fourth-order valence-corrected chi connectivity index (χ4v) is 1.90. The van der Waals surface area contributed by atoms with Crippen LogP contribution >= 0.6 is 0 Å². The van der Waals surface area contributed by atoms with Crippen molar-refractivity contribution in [3.05, 3.63) is 0 Å². The zero-order valence-electron chi connectivity index (χ0n) is 9.61. The Bertz CT molecular complexity index is 237. The molecule has 1 aliphatic heterocycles. The number of aliphatic hydroxyl groups is 1. The van der Waals surface area contributed by atoms with Crippen molar-refractivity contribution in [2.75, 3.05) is 13.2 Å². The van der Waals surface area contributed by atoms with E-state index in [0.717, 1.165) is 32.1 Å². The molecule has 1 unspecified atom stereocenters. The van der Waals surface area contributed by atoms with E-state index in [2.05, 4.69) is 0 Å². The highest BCUT2D eigenvalue weighted by molar-refractivity contribution is 5.99. The molecule has 1 saturated heterocycles. The molecule has 0 spiro atoms. The maximum Gasteiger partial charge on any atom is 0.316 e. The highest BCUT2D eigenvalue weighted by atomic mass is 16.5. The van der Waals surface area contributed by atoms with Gasteiger partial charge in [0, 0.05) is 13.0 Å². The van der Waals surface area contributed by atoms with E-state index >= 15 is 0 Å². The van der Waals surface area contributed by atoms with E-state index < -0.39 is 5.92 Å². The molecular weight excluding hydrogens is 208 g/mol. The first-order valence-corrected chi connectivity index (χ1v) is 6.06. The van der Waals surface area contributed by atoms with Gasteiger partial charge in [0.15, 0.2) is 0 Å². The van der Waals surface area contributed by atoms with Crippen molar-refractivity contribution in [1.29, 1.82) is 0 Å². The summed E-state index contributed by atoms with van der Waals surface area (Å²) in [6.07, 6.45) is 5.13. The average Bonchev–Trinajstić information content (AvgIpc) is 2.49. The third kappa shape index (κ3) is 4.31. The summed E-state index contributed by atoms with van der Waals surface area (Å²) in [7, 11) is 0. The van der Waals surface area contributed by atoms with Crippen molar-refractivity contribution in [3.63, 3.8) is 0 Å². The summed E-state index contributed by atoms with van der Waals surface area (Å²) in [6, 6.07) is 0. The molecule has 0 aliphatic carbocycles. The van der Waals surface area contributed by atoms with E-state index in [-0.39, 0.29) is 18.4 Å². The van der Waals surface area contributed by atoms with Crippen LogP contribution in [-0.4, -0.2) is 30.1 Å². The molecule has 16 heavy (non-hydrogen) atoms. The average molecular weight is 228 g/mol. The molecule has 0 saturated carbocycles. The lowest BCUT2D eigenvalue weighted by Gasteiger charge is -2.10. The van der Waals surface area contributed by atoms with Crippen LogP contribution < -0.4 is 0 Å². The van der Waals surface area contributed by atoms with Crippen LogP contribution in [0.5, 0.6) is 0 Å². The zero-order valence-corrected chi connectivity index (χ0v) is 9.61. The summed E-state index contributed by atoms with van der Waals surface area (Å²) in [5.74, 6) is -0.869. The van der Waals surface area contributed by atoms with Crippen LogP contribution in [0.1, 0.15) is 44.9 Å². The number of esters is 1. The molecule has 1 N–H and O–H groups in total. The minimum atomic E-state index is -0.531. The SMILES string of the molecule is O=C(CCCCCO)C1CCCCOC1=O. The van der Waals surface area contributed by atoms with Crippen molar-refractivity contribution in [1.82, 2.24) is 0 Å². The molecule has 0 aromatic rings. The Morgan fingerprint density at radius 2 is 2.12 bits per heavy atom. The quantitative estimate of drug-likeness (QED) is 0.424. The second-order valence-corrected chi connectivity index (χ2v) is 4.22. The largest absolute Gasteiger partial charge is 0.465 e. The molecule has 92 valence electrons. The van der Waals surface area contributed by atoms with E-state index in [1.807, 2.05) is 0 Å². The van der Waals surface area contributed by atoms with Gasteiger partial charge in [-0.05, 0) is 32.1 Å². The normalized spacial score (nSPS) is 21.3. The first kappa shape index (κ1) is 13.2. The second kappa shape index (κ2) is 7.39. The Kier molecular flexibility index (Phi) is 6.08. The highest BCUT2D eigenvalue weighted by Crippen LogP contribution is 2.19. The molecule has 0 radical (unpaired) electrons. The first-order chi connectivity index (χ1) is 7.75. The Morgan fingerprint density at radius 3 is 2.88 bits per heavy atom. The highest BCUT2D eigenvalue weighted by Gasteiger charge is 2.28. The Hall–Kier alpha value is -0.900. The van der Waals surface area contributed by atoms with Gasteiger partial charge >= 0.3 is 5.97 Å². The number of hydrogen-bond acceptors (Lipinski definition) is 4. The van der Waals surface area contributed by atoms with Gasteiger partial charge in [-0.3, -0.25) is 9.59 Å². The number of rotatable bonds is 6. The van der Waals surface area contributed by atoms with Crippen molar-refractivity contribution in [2.45, 2.75) is 44.9 Å². The lowest BCUT2D eigenvalue weighted by molar-refractivity contribution is -0.150. The molecule has 1 rings (SSSR count). The smallest absolute Gasteiger partial charge is 0.316 e. The van der Waals surface area contributed by atoms with Gasteiger partial charge in [0.1, 0.15) is 11.7 Å². The number of cyclic esters (lactones) is 1. The molecule has 4 nitrogen and oxygen atoms in total. The number of Topliss-reactive ketones (excluding diaryl/α,β-unsaturated/α-hetero) is 1. The van der Waals surface area contributed by atoms with Gasteiger partial charge in [-0.25, -0.2) is 0 Å². The van der Waals surface area contributed by atoms with Crippen LogP contribution in [0.15, 0.2) is 0 Å². The minimum Gasteiger partial charge on any atom is -0.465 e. The summed E-state index contributed by atoms with van der Waals surface area (Å²) in [5, 5.41) is 8.60. The van der Waals surface area contributed by atoms with Gasteiger partial charge in [-0.2, -0.15) is 0 Å². The third-order valence-electron chi connectivity index (χ3n) is 2.89. The molecule has 1 atom stereocenters. The van der Waals surface area contributed by atoms with Crippen LogP contribution in [0.4, 0.5) is 0 Å². The van der Waals surface area contributed by atoms with Crippen molar-refractivity contribution in [2.24, 2.45) is 5.92 Å². The van der Waals surface area contributed by atoms with E-state index in [1.54, 1.807) is 0 Å². The number of aliphatic hydroxyl groups excluding tert-OH is 1. The van der Waals surface area contributed by atoms with Crippen LogP contribution in [0.3, 0.4) is 0 Å². The maximum absolute atomic E-state index is 11.8. The van der Waals surface area contributed by atoms with Crippen molar-refractivity contribution in [3.8, 4) is 0 Å². The zero-order chi connectivity index (χ0) is 11.8. The van der Waals surface area contributed by atoms with Crippen LogP contribution in [0.2, 0.25) is 0 Å². The van der Waals surface area contributed by atoms with E-state index in [9.17, 15) is 9.59 Å². The van der Waals surface area contributed by atoms with Crippen LogP contribution in [0.25, 0.3) is 0 Å². The minimum absolute atomic E-state index is 0.00448. The predicted octanol–water partition coefficient (Wildman–Crippen LogP) is 1.45. The number of carbonyl (C=O) groups is 2. The summed E-state index contributed by atoms with van der Waals surface area (Å²) in [4.78, 5) is 23.2. The van der Waals surface area contributed by atoms with Gasteiger partial charge in [0.05, 0.1) is 6.61 Å². The maximum atomic E-state index is 11.8.